The van der Waals surface area contributed by atoms with Gasteiger partial charge in [-0.1, -0.05) is 12.2 Å². The molecule has 0 spiro atoms. The second-order valence-corrected chi connectivity index (χ2v) is 7.41. The molecule has 0 bridgehead atoms. The van der Waals surface area contributed by atoms with E-state index >= 15 is 0 Å². The lowest BCUT2D eigenvalue weighted by atomic mass is 9.75. The number of hydrogen-bond donors (Lipinski definition) is 3. The molecule has 4 nitrogen and oxygen atoms in total. The summed E-state index contributed by atoms with van der Waals surface area (Å²) in [5.41, 5.74) is -0.183. The van der Waals surface area contributed by atoms with Gasteiger partial charge >= 0.3 is 0 Å². The summed E-state index contributed by atoms with van der Waals surface area (Å²) in [6.45, 7) is 20.3. The third-order valence-electron chi connectivity index (χ3n) is 5.43. The molecule has 0 saturated carbocycles. The molecule has 0 aromatic carbocycles. The van der Waals surface area contributed by atoms with Gasteiger partial charge in [0.2, 0.25) is 0 Å². The molecule has 4 heteroatoms. The Labute approximate surface area is 136 Å². The van der Waals surface area contributed by atoms with Crippen LogP contribution in [0, 0.1) is 0 Å². The molecule has 0 aromatic heterocycles. The molecule has 2 aliphatic heterocycles. The van der Waals surface area contributed by atoms with Crippen molar-refractivity contribution in [3.8, 4) is 0 Å². The summed E-state index contributed by atoms with van der Waals surface area (Å²) in [5.74, 6) is 0. The van der Waals surface area contributed by atoms with Crippen LogP contribution in [0.4, 0.5) is 0 Å². The van der Waals surface area contributed by atoms with Gasteiger partial charge < -0.3 is 10.6 Å². The second kappa shape index (κ2) is 6.83. The minimum absolute atomic E-state index is 0.0636. The van der Waals surface area contributed by atoms with Crippen LogP contribution in [0.3, 0.4) is 0 Å². The van der Waals surface area contributed by atoms with Crippen molar-refractivity contribution in [2.75, 3.05) is 19.6 Å². The molecule has 0 radical (unpaired) electrons. The van der Waals surface area contributed by atoms with Gasteiger partial charge in [0.1, 0.15) is 0 Å². The van der Waals surface area contributed by atoms with Crippen molar-refractivity contribution in [3.63, 3.8) is 0 Å². The number of piperazine rings is 2. The zero-order chi connectivity index (χ0) is 16.4. The van der Waals surface area contributed by atoms with Gasteiger partial charge in [0.15, 0.2) is 0 Å². The van der Waals surface area contributed by atoms with Crippen LogP contribution in [-0.2, 0) is 0 Å². The highest BCUT2D eigenvalue weighted by Gasteiger charge is 2.54. The van der Waals surface area contributed by atoms with Crippen LogP contribution >= 0.6 is 0 Å². The molecule has 126 valence electrons. The maximum absolute atomic E-state index is 4.05. The predicted molar refractivity (Wildman–Crippen MR) is 95.0 cm³/mol. The van der Waals surface area contributed by atoms with Crippen LogP contribution in [0.25, 0.3) is 0 Å². The lowest BCUT2D eigenvalue weighted by Crippen LogP contribution is -2.83. The average Bonchev–Trinajstić information content (AvgIpc) is 2.45. The molecule has 2 aliphatic rings. The molecule has 2 saturated heterocycles. The highest BCUT2D eigenvalue weighted by molar-refractivity contribution is 5.17. The minimum Gasteiger partial charge on any atom is -0.311 e. The summed E-state index contributed by atoms with van der Waals surface area (Å²) in [4.78, 5) is 2.65. The van der Waals surface area contributed by atoms with Crippen molar-refractivity contribution >= 4 is 0 Å². The molecular weight excluding hydrogens is 272 g/mol. The highest BCUT2D eigenvalue weighted by atomic mass is 15.4. The molecular formula is C18H34N4. The Morgan fingerprint density at radius 1 is 1.09 bits per heavy atom. The summed E-state index contributed by atoms with van der Waals surface area (Å²) in [5, 5.41) is 11.3. The van der Waals surface area contributed by atoms with Crippen molar-refractivity contribution in [2.45, 2.75) is 69.9 Å². The molecule has 2 fully saturated rings. The third kappa shape index (κ3) is 3.02. The molecule has 2 rings (SSSR count). The zero-order valence-electron chi connectivity index (χ0n) is 14.8. The van der Waals surface area contributed by atoms with Gasteiger partial charge in [-0.2, -0.15) is 0 Å². The van der Waals surface area contributed by atoms with Crippen molar-refractivity contribution in [2.24, 2.45) is 0 Å². The molecule has 0 aromatic rings. The fraction of sp³-hybridized carbons (Fsp3) is 0.778. The third-order valence-corrected chi connectivity index (χ3v) is 5.43. The summed E-state index contributed by atoms with van der Waals surface area (Å²) in [7, 11) is 0. The van der Waals surface area contributed by atoms with Gasteiger partial charge in [0.25, 0.3) is 0 Å². The standard InChI is InChI=1S/C18H34N4/c1-7-9-17(6)18(10-8-2,20-11-14(3)21-17)22-13-15(4)19-12-16(22)5/h7-8,14-16,19-21H,1-2,9-13H2,3-6H3. The summed E-state index contributed by atoms with van der Waals surface area (Å²) >= 11 is 0. The number of nitrogens with zero attached hydrogens (tertiary/aromatic N) is 1. The maximum atomic E-state index is 4.05. The van der Waals surface area contributed by atoms with Crippen LogP contribution < -0.4 is 16.0 Å². The van der Waals surface area contributed by atoms with Gasteiger partial charge in [-0.15, -0.1) is 13.2 Å². The first-order valence-corrected chi connectivity index (χ1v) is 8.63. The molecule has 22 heavy (non-hydrogen) atoms. The van der Waals surface area contributed by atoms with Crippen LogP contribution in [-0.4, -0.2) is 53.9 Å². The van der Waals surface area contributed by atoms with Gasteiger partial charge in [-0.05, 0) is 40.5 Å². The second-order valence-electron chi connectivity index (χ2n) is 7.41. The van der Waals surface area contributed by atoms with Gasteiger partial charge in [0, 0.05) is 37.8 Å². The predicted octanol–water partition coefficient (Wildman–Crippen LogP) is 1.86. The Balaban J connectivity index is 2.43. The number of nitrogens with one attached hydrogen (secondary N) is 3. The van der Waals surface area contributed by atoms with Crippen molar-refractivity contribution in [1.29, 1.82) is 0 Å². The lowest BCUT2D eigenvalue weighted by molar-refractivity contribution is -0.0832. The summed E-state index contributed by atoms with van der Waals surface area (Å²) in [6, 6.07) is 1.45. The average molecular weight is 306 g/mol. The van der Waals surface area contributed by atoms with E-state index in [0.717, 1.165) is 32.5 Å². The largest absolute Gasteiger partial charge is 0.311 e. The van der Waals surface area contributed by atoms with E-state index in [9.17, 15) is 0 Å². The van der Waals surface area contributed by atoms with E-state index in [4.69, 9.17) is 0 Å². The fourth-order valence-electron chi connectivity index (χ4n) is 4.34. The topological polar surface area (TPSA) is 39.3 Å². The summed E-state index contributed by atoms with van der Waals surface area (Å²) in [6.07, 6.45) is 5.96. The normalized spacial score (nSPS) is 43.7. The van der Waals surface area contributed by atoms with E-state index in [1.807, 2.05) is 6.08 Å². The van der Waals surface area contributed by atoms with E-state index in [1.165, 1.54) is 0 Å². The smallest absolute Gasteiger partial charge is 0.0938 e. The van der Waals surface area contributed by atoms with E-state index in [2.05, 4.69) is 67.8 Å². The Kier molecular flexibility index (Phi) is 5.49. The first-order valence-electron chi connectivity index (χ1n) is 8.63. The molecule has 2 heterocycles. The maximum Gasteiger partial charge on any atom is 0.0938 e. The molecule has 5 unspecified atom stereocenters. The first-order chi connectivity index (χ1) is 10.4. The Hall–Kier alpha value is -0.680. The van der Waals surface area contributed by atoms with E-state index < -0.39 is 0 Å². The molecule has 0 amide bonds. The monoisotopic (exact) mass is 306 g/mol. The quantitative estimate of drug-likeness (QED) is 0.678. The van der Waals surface area contributed by atoms with Crippen molar-refractivity contribution in [3.05, 3.63) is 25.3 Å². The number of hydrogen-bond acceptors (Lipinski definition) is 4. The van der Waals surface area contributed by atoms with Crippen LogP contribution in [0.15, 0.2) is 25.3 Å². The SMILES string of the molecule is C=CCC1(C)NC(C)CNC1(CC=C)N1CC(C)NCC1C. The lowest BCUT2D eigenvalue weighted by Gasteiger charge is -2.62. The minimum atomic E-state index is -0.120. The van der Waals surface area contributed by atoms with E-state index in [1.54, 1.807) is 0 Å². The van der Waals surface area contributed by atoms with E-state index in [-0.39, 0.29) is 11.2 Å². The fourth-order valence-corrected chi connectivity index (χ4v) is 4.34. The van der Waals surface area contributed by atoms with Crippen molar-refractivity contribution < 1.29 is 0 Å². The Morgan fingerprint density at radius 3 is 2.41 bits per heavy atom. The Morgan fingerprint density at radius 2 is 1.77 bits per heavy atom. The summed E-state index contributed by atoms with van der Waals surface area (Å²) < 4.78 is 0. The van der Waals surface area contributed by atoms with Gasteiger partial charge in [-0.25, -0.2) is 0 Å². The van der Waals surface area contributed by atoms with Crippen LogP contribution in [0.5, 0.6) is 0 Å². The van der Waals surface area contributed by atoms with Crippen LogP contribution in [0.2, 0.25) is 0 Å². The van der Waals surface area contributed by atoms with Gasteiger partial charge in [-0.3, -0.25) is 10.2 Å². The van der Waals surface area contributed by atoms with Crippen LogP contribution in [0.1, 0.15) is 40.5 Å². The number of rotatable bonds is 5. The molecule has 0 aliphatic carbocycles. The highest BCUT2D eigenvalue weighted by Crippen LogP contribution is 2.38. The zero-order valence-corrected chi connectivity index (χ0v) is 14.8. The molecule has 5 atom stereocenters. The first kappa shape index (κ1) is 17.7. The molecule has 3 N–H and O–H groups in total. The van der Waals surface area contributed by atoms with Crippen molar-refractivity contribution in [1.82, 2.24) is 20.9 Å². The van der Waals surface area contributed by atoms with Gasteiger partial charge in [0.05, 0.1) is 11.2 Å². The Bertz CT molecular complexity index is 410. The van der Waals surface area contributed by atoms with E-state index in [0.29, 0.717) is 18.1 Å².